The first-order chi connectivity index (χ1) is 11.6. The number of amides is 2. The number of esters is 1. The van der Waals surface area contributed by atoms with Crippen LogP contribution in [0.3, 0.4) is 0 Å². The Balaban J connectivity index is 2.04. The van der Waals surface area contributed by atoms with Gasteiger partial charge in [-0.1, -0.05) is 6.92 Å². The summed E-state index contributed by atoms with van der Waals surface area (Å²) in [4.78, 5) is 37.1. The largest absolute Gasteiger partial charge is 0.467 e. The van der Waals surface area contributed by atoms with Crippen molar-refractivity contribution in [1.82, 2.24) is 10.2 Å². The molecule has 2 rings (SSSR count). The first kappa shape index (κ1) is 19.5. The molecule has 1 saturated carbocycles. The Morgan fingerprint density at radius 3 is 2.44 bits per heavy atom. The van der Waals surface area contributed by atoms with E-state index in [4.69, 9.17) is 4.74 Å². The average Bonchev–Trinajstić information content (AvgIpc) is 2.88. The molecule has 2 fully saturated rings. The number of alkyl halides is 3. The molecule has 142 valence electrons. The first-order valence-electron chi connectivity index (χ1n) is 8.31. The predicted molar refractivity (Wildman–Crippen MR) is 81.3 cm³/mol. The van der Waals surface area contributed by atoms with E-state index in [2.05, 4.69) is 5.32 Å². The fourth-order valence-electron chi connectivity index (χ4n) is 3.49. The zero-order valence-electron chi connectivity index (χ0n) is 14.3. The van der Waals surface area contributed by atoms with Crippen LogP contribution in [0.4, 0.5) is 13.2 Å². The highest BCUT2D eigenvalue weighted by Crippen LogP contribution is 2.34. The fourth-order valence-corrected chi connectivity index (χ4v) is 3.49. The highest BCUT2D eigenvalue weighted by molar-refractivity contribution is 5.93. The van der Waals surface area contributed by atoms with E-state index in [-0.39, 0.29) is 13.0 Å². The lowest BCUT2D eigenvalue weighted by Gasteiger charge is -2.38. The number of carbonyl (C=O) groups excluding carboxylic acids is 3. The Labute approximate surface area is 144 Å². The number of hydrogen-bond donors (Lipinski definition) is 1. The van der Waals surface area contributed by atoms with Crippen molar-refractivity contribution in [3.8, 4) is 0 Å². The maximum absolute atomic E-state index is 12.5. The van der Waals surface area contributed by atoms with Gasteiger partial charge in [-0.2, -0.15) is 13.2 Å². The van der Waals surface area contributed by atoms with Crippen LogP contribution in [0, 0.1) is 11.8 Å². The van der Waals surface area contributed by atoms with Crippen molar-refractivity contribution in [2.75, 3.05) is 20.2 Å². The maximum Gasteiger partial charge on any atom is 0.406 e. The number of methoxy groups -OCH3 is 1. The molecule has 2 amide bonds. The summed E-state index contributed by atoms with van der Waals surface area (Å²) in [5.41, 5.74) is -1.15. The molecule has 1 aliphatic heterocycles. The lowest BCUT2D eigenvalue weighted by atomic mass is 9.76. The van der Waals surface area contributed by atoms with Crippen molar-refractivity contribution in [3.63, 3.8) is 0 Å². The number of nitrogens with zero attached hydrogens (tertiary/aromatic N) is 1. The van der Waals surface area contributed by atoms with E-state index in [9.17, 15) is 27.6 Å². The van der Waals surface area contributed by atoms with Gasteiger partial charge in [0.1, 0.15) is 12.1 Å². The van der Waals surface area contributed by atoms with Gasteiger partial charge in [0.15, 0.2) is 0 Å². The van der Waals surface area contributed by atoms with Crippen molar-refractivity contribution in [2.24, 2.45) is 11.8 Å². The van der Waals surface area contributed by atoms with Crippen LogP contribution >= 0.6 is 0 Å². The minimum Gasteiger partial charge on any atom is -0.467 e. The van der Waals surface area contributed by atoms with Crippen molar-refractivity contribution >= 4 is 17.8 Å². The minimum absolute atomic E-state index is 0.282. The van der Waals surface area contributed by atoms with Gasteiger partial charge in [0.2, 0.25) is 11.8 Å². The molecule has 0 bridgehead atoms. The maximum atomic E-state index is 12.5. The molecule has 25 heavy (non-hydrogen) atoms. The molecular formula is C16H23F3N2O4. The van der Waals surface area contributed by atoms with E-state index in [1.165, 1.54) is 7.11 Å². The number of hydrogen-bond acceptors (Lipinski definition) is 4. The predicted octanol–water partition coefficient (Wildman–Crippen LogP) is 1.64. The summed E-state index contributed by atoms with van der Waals surface area (Å²) in [6.45, 7) is 0.390. The third kappa shape index (κ3) is 4.64. The molecule has 0 radical (unpaired) electrons. The Bertz CT molecular complexity index is 542. The third-order valence-electron chi connectivity index (χ3n) is 5.02. The summed E-state index contributed by atoms with van der Waals surface area (Å²) in [5.74, 6) is -2.30. The molecule has 1 atom stereocenters. The van der Waals surface area contributed by atoms with Gasteiger partial charge in [0.25, 0.3) is 0 Å². The highest BCUT2D eigenvalue weighted by Gasteiger charge is 2.46. The number of carbonyl (C=O) groups is 3. The van der Waals surface area contributed by atoms with Crippen molar-refractivity contribution < 1.29 is 32.3 Å². The van der Waals surface area contributed by atoms with Crippen LogP contribution in [0.5, 0.6) is 0 Å². The van der Waals surface area contributed by atoms with E-state index in [0.29, 0.717) is 23.7 Å². The Kier molecular flexibility index (Phi) is 5.63. The minimum atomic E-state index is -4.51. The van der Waals surface area contributed by atoms with Crippen LogP contribution in [0.25, 0.3) is 0 Å². The molecule has 1 heterocycles. The second kappa shape index (κ2) is 7.21. The van der Waals surface area contributed by atoms with Gasteiger partial charge in [-0.15, -0.1) is 0 Å². The van der Waals surface area contributed by atoms with Crippen LogP contribution in [-0.2, 0) is 19.1 Å². The third-order valence-corrected chi connectivity index (χ3v) is 5.02. The van der Waals surface area contributed by atoms with Gasteiger partial charge in [0.05, 0.1) is 13.0 Å². The number of rotatable bonds is 4. The van der Waals surface area contributed by atoms with Crippen LogP contribution < -0.4 is 5.32 Å². The standard InChI is InChI=1S/C16H23F3N2O4/c1-10-3-5-15(6-4-10,14(24)25-2)20-13(23)11-7-12(22)21(8-11)9-16(17,18)19/h10-11H,3-9H2,1-2H3,(H,20,23)/t10?,11-,15?/m1/s1. The highest BCUT2D eigenvalue weighted by atomic mass is 19.4. The smallest absolute Gasteiger partial charge is 0.406 e. The number of ether oxygens (including phenoxy) is 1. The van der Waals surface area contributed by atoms with Crippen LogP contribution in [0.1, 0.15) is 39.0 Å². The Morgan fingerprint density at radius 2 is 1.92 bits per heavy atom. The summed E-state index contributed by atoms with van der Waals surface area (Å²) in [7, 11) is 1.23. The molecule has 0 aromatic rings. The lowest BCUT2D eigenvalue weighted by Crippen LogP contribution is -2.58. The first-order valence-corrected chi connectivity index (χ1v) is 8.31. The van der Waals surface area contributed by atoms with Gasteiger partial charge in [-0.25, -0.2) is 4.79 Å². The fraction of sp³-hybridized carbons (Fsp3) is 0.812. The normalized spacial score (nSPS) is 30.3. The summed E-state index contributed by atoms with van der Waals surface area (Å²) in [5, 5.41) is 2.68. The van der Waals surface area contributed by atoms with Crippen molar-refractivity contribution in [2.45, 2.75) is 50.7 Å². The van der Waals surface area contributed by atoms with Crippen LogP contribution in [0.15, 0.2) is 0 Å². The topological polar surface area (TPSA) is 75.7 Å². The summed E-state index contributed by atoms with van der Waals surface area (Å²) in [6, 6.07) is 0. The number of likely N-dealkylation sites (tertiary alicyclic amines) is 1. The van der Waals surface area contributed by atoms with E-state index >= 15 is 0 Å². The Hall–Kier alpha value is -1.80. The molecule has 1 saturated heterocycles. The molecule has 0 aromatic carbocycles. The van der Waals surface area contributed by atoms with Crippen molar-refractivity contribution in [3.05, 3.63) is 0 Å². The lowest BCUT2D eigenvalue weighted by molar-refractivity contribution is -0.157. The number of nitrogens with one attached hydrogen (secondary N) is 1. The molecular weight excluding hydrogens is 341 g/mol. The monoisotopic (exact) mass is 364 g/mol. The van der Waals surface area contributed by atoms with E-state index in [1.54, 1.807) is 0 Å². The molecule has 0 aromatic heterocycles. The van der Waals surface area contributed by atoms with Crippen LogP contribution in [-0.4, -0.2) is 54.6 Å². The second-order valence-corrected chi connectivity index (χ2v) is 7.04. The molecule has 0 unspecified atom stereocenters. The molecule has 2 aliphatic rings. The van der Waals surface area contributed by atoms with Gasteiger partial charge in [-0.05, 0) is 31.6 Å². The molecule has 0 spiro atoms. The Morgan fingerprint density at radius 1 is 1.32 bits per heavy atom. The van der Waals surface area contributed by atoms with E-state index in [1.807, 2.05) is 6.92 Å². The van der Waals surface area contributed by atoms with Gasteiger partial charge < -0.3 is 15.0 Å². The molecule has 6 nitrogen and oxygen atoms in total. The molecule has 1 N–H and O–H groups in total. The van der Waals surface area contributed by atoms with Gasteiger partial charge in [0, 0.05) is 13.0 Å². The SMILES string of the molecule is COC(=O)C1(NC(=O)[C@@H]2CC(=O)N(CC(F)(F)F)C2)CCC(C)CC1. The number of halogens is 3. The van der Waals surface area contributed by atoms with Gasteiger partial charge in [-0.3, -0.25) is 9.59 Å². The molecule has 9 heteroatoms. The zero-order chi connectivity index (χ0) is 18.8. The van der Waals surface area contributed by atoms with Gasteiger partial charge >= 0.3 is 12.1 Å². The summed E-state index contributed by atoms with van der Waals surface area (Å²) < 4.78 is 42.2. The van der Waals surface area contributed by atoms with Crippen molar-refractivity contribution in [1.29, 1.82) is 0 Å². The van der Waals surface area contributed by atoms with E-state index in [0.717, 1.165) is 12.8 Å². The second-order valence-electron chi connectivity index (χ2n) is 7.04. The van der Waals surface area contributed by atoms with Crippen LogP contribution in [0.2, 0.25) is 0 Å². The summed E-state index contributed by atoms with van der Waals surface area (Å²) in [6.07, 6.45) is -2.49. The average molecular weight is 364 g/mol. The molecule has 1 aliphatic carbocycles. The van der Waals surface area contributed by atoms with E-state index < -0.39 is 42.0 Å². The summed E-state index contributed by atoms with van der Waals surface area (Å²) >= 11 is 0. The zero-order valence-corrected chi connectivity index (χ0v) is 14.3. The quantitative estimate of drug-likeness (QED) is 0.770.